The molecule has 108 valence electrons. The second kappa shape index (κ2) is 5.37. The number of halogens is 3. The summed E-state index contributed by atoms with van der Waals surface area (Å²) in [6.45, 7) is 0.192. The minimum atomic E-state index is -4.31. The van der Waals surface area contributed by atoms with Crippen molar-refractivity contribution < 1.29 is 17.9 Å². The molecule has 0 aliphatic heterocycles. The highest BCUT2D eigenvalue weighted by Crippen LogP contribution is 2.30. The number of nitrogens with zero attached hydrogens (tertiary/aromatic N) is 1. The summed E-state index contributed by atoms with van der Waals surface area (Å²) in [4.78, 5) is 4.30. The van der Waals surface area contributed by atoms with E-state index in [4.69, 9.17) is 4.74 Å². The molecule has 0 spiro atoms. The van der Waals surface area contributed by atoms with Gasteiger partial charge in [-0.25, -0.2) is 4.98 Å². The van der Waals surface area contributed by atoms with Gasteiger partial charge in [0.25, 0.3) is 5.19 Å². The number of hydrogen-bond donors (Lipinski definition) is 0. The highest BCUT2D eigenvalue weighted by molar-refractivity contribution is 7.20. The molecule has 2 aromatic carbocycles. The molecule has 0 radical (unpaired) electrons. The summed E-state index contributed by atoms with van der Waals surface area (Å²) in [5, 5.41) is 0.510. The Morgan fingerprint density at radius 3 is 2.38 bits per heavy atom. The van der Waals surface area contributed by atoms with E-state index in [0.717, 1.165) is 22.3 Å². The summed E-state index contributed by atoms with van der Waals surface area (Å²) in [6, 6.07) is 12.6. The number of para-hydroxylation sites is 1. The maximum atomic E-state index is 12.4. The number of thiazole rings is 1. The van der Waals surface area contributed by atoms with Crippen LogP contribution in [0.1, 0.15) is 11.1 Å². The Labute approximate surface area is 122 Å². The fourth-order valence-electron chi connectivity index (χ4n) is 1.85. The van der Waals surface area contributed by atoms with E-state index in [1.54, 1.807) is 0 Å². The molecule has 0 fully saturated rings. The van der Waals surface area contributed by atoms with Crippen LogP contribution in [0.3, 0.4) is 0 Å². The van der Waals surface area contributed by atoms with Gasteiger partial charge in [-0.05, 0) is 29.8 Å². The Balaban J connectivity index is 1.69. The third kappa shape index (κ3) is 3.16. The maximum Gasteiger partial charge on any atom is 0.416 e. The predicted octanol–water partition coefficient (Wildman–Crippen LogP) is 4.89. The van der Waals surface area contributed by atoms with Crippen LogP contribution >= 0.6 is 11.3 Å². The van der Waals surface area contributed by atoms with E-state index in [1.807, 2.05) is 24.3 Å². The molecular formula is C15H10F3NOS. The lowest BCUT2D eigenvalue weighted by atomic mass is 10.1. The summed E-state index contributed by atoms with van der Waals surface area (Å²) in [7, 11) is 0. The molecule has 0 saturated heterocycles. The van der Waals surface area contributed by atoms with Crippen LogP contribution < -0.4 is 4.74 Å². The average Bonchev–Trinajstić information content (AvgIpc) is 2.87. The van der Waals surface area contributed by atoms with Crippen LogP contribution in [0.15, 0.2) is 48.5 Å². The van der Waals surface area contributed by atoms with E-state index in [0.29, 0.717) is 10.8 Å². The smallest absolute Gasteiger partial charge is 0.416 e. The lowest BCUT2D eigenvalue weighted by Gasteiger charge is -2.07. The van der Waals surface area contributed by atoms with Crippen molar-refractivity contribution in [2.75, 3.05) is 0 Å². The number of benzene rings is 2. The van der Waals surface area contributed by atoms with E-state index < -0.39 is 11.7 Å². The lowest BCUT2D eigenvalue weighted by Crippen LogP contribution is -2.05. The van der Waals surface area contributed by atoms with Crippen LogP contribution in [0.4, 0.5) is 13.2 Å². The molecule has 0 unspecified atom stereocenters. The quantitative estimate of drug-likeness (QED) is 0.687. The van der Waals surface area contributed by atoms with Crippen LogP contribution in [0.2, 0.25) is 0 Å². The Hall–Kier alpha value is -2.08. The zero-order valence-electron chi connectivity index (χ0n) is 10.7. The molecule has 6 heteroatoms. The number of rotatable bonds is 3. The molecule has 0 aliphatic carbocycles. The number of alkyl halides is 3. The third-order valence-corrected chi connectivity index (χ3v) is 3.87. The Morgan fingerprint density at radius 1 is 1.00 bits per heavy atom. The standard InChI is InChI=1S/C15H10F3NOS/c16-15(17,18)11-7-5-10(6-8-11)9-20-14-19-12-3-1-2-4-13(12)21-14/h1-8H,9H2. The van der Waals surface area contributed by atoms with Crippen molar-refractivity contribution in [1.82, 2.24) is 4.98 Å². The zero-order valence-corrected chi connectivity index (χ0v) is 11.5. The first kappa shape index (κ1) is 13.9. The molecule has 0 saturated carbocycles. The highest BCUT2D eigenvalue weighted by Gasteiger charge is 2.29. The molecule has 0 atom stereocenters. The summed E-state index contributed by atoms with van der Waals surface area (Å²) in [6.07, 6.45) is -4.31. The predicted molar refractivity (Wildman–Crippen MR) is 75.4 cm³/mol. The molecule has 0 amide bonds. The fourth-order valence-corrected chi connectivity index (χ4v) is 2.66. The van der Waals surface area contributed by atoms with E-state index >= 15 is 0 Å². The SMILES string of the molecule is FC(F)(F)c1ccc(COc2nc3ccccc3s2)cc1. The number of fused-ring (bicyclic) bond motifs is 1. The Bertz CT molecular complexity index is 716. The molecule has 0 bridgehead atoms. The van der Waals surface area contributed by atoms with Crippen LogP contribution in [0.5, 0.6) is 5.19 Å². The minimum Gasteiger partial charge on any atom is -0.465 e. The number of ether oxygens (including phenoxy) is 1. The van der Waals surface area contributed by atoms with Crippen molar-refractivity contribution in [3.63, 3.8) is 0 Å². The second-order valence-corrected chi connectivity index (χ2v) is 5.42. The molecule has 3 rings (SSSR count). The van der Waals surface area contributed by atoms with Gasteiger partial charge in [-0.15, -0.1) is 0 Å². The van der Waals surface area contributed by atoms with E-state index in [-0.39, 0.29) is 6.61 Å². The van der Waals surface area contributed by atoms with Crippen LogP contribution in [0.25, 0.3) is 10.2 Å². The van der Waals surface area contributed by atoms with E-state index in [2.05, 4.69) is 4.98 Å². The molecule has 21 heavy (non-hydrogen) atoms. The van der Waals surface area contributed by atoms with Gasteiger partial charge in [-0.2, -0.15) is 13.2 Å². The van der Waals surface area contributed by atoms with Crippen molar-refractivity contribution >= 4 is 21.6 Å². The summed E-state index contributed by atoms with van der Waals surface area (Å²) < 4.78 is 43.9. The van der Waals surface area contributed by atoms with Crippen molar-refractivity contribution in [1.29, 1.82) is 0 Å². The molecular weight excluding hydrogens is 299 g/mol. The van der Waals surface area contributed by atoms with Gasteiger partial charge in [-0.3, -0.25) is 0 Å². The average molecular weight is 309 g/mol. The van der Waals surface area contributed by atoms with Gasteiger partial charge >= 0.3 is 6.18 Å². The van der Waals surface area contributed by atoms with Crippen molar-refractivity contribution in [3.8, 4) is 5.19 Å². The zero-order chi connectivity index (χ0) is 14.9. The maximum absolute atomic E-state index is 12.4. The first-order valence-corrected chi connectivity index (χ1v) is 6.98. The van der Waals surface area contributed by atoms with Crippen molar-refractivity contribution in [3.05, 3.63) is 59.7 Å². The summed E-state index contributed by atoms with van der Waals surface area (Å²) in [5.41, 5.74) is 0.860. The fraction of sp³-hybridized carbons (Fsp3) is 0.133. The van der Waals surface area contributed by atoms with Crippen molar-refractivity contribution in [2.45, 2.75) is 12.8 Å². The largest absolute Gasteiger partial charge is 0.465 e. The third-order valence-electron chi connectivity index (χ3n) is 2.92. The topological polar surface area (TPSA) is 22.1 Å². The first-order chi connectivity index (χ1) is 10.0. The molecule has 2 nitrogen and oxygen atoms in total. The van der Waals surface area contributed by atoms with Gasteiger partial charge in [-0.1, -0.05) is 35.6 Å². The molecule has 0 N–H and O–H groups in total. The van der Waals surface area contributed by atoms with Gasteiger partial charge in [0.1, 0.15) is 6.61 Å². The molecule has 1 aromatic heterocycles. The van der Waals surface area contributed by atoms with Crippen LogP contribution in [-0.4, -0.2) is 4.98 Å². The second-order valence-electron chi connectivity index (χ2n) is 4.43. The van der Waals surface area contributed by atoms with Gasteiger partial charge in [0, 0.05) is 0 Å². The Morgan fingerprint density at radius 2 is 1.71 bits per heavy atom. The monoisotopic (exact) mass is 309 g/mol. The summed E-state index contributed by atoms with van der Waals surface area (Å²) >= 11 is 1.41. The van der Waals surface area contributed by atoms with E-state index in [9.17, 15) is 13.2 Å². The molecule has 3 aromatic rings. The van der Waals surface area contributed by atoms with Gasteiger partial charge in [0.2, 0.25) is 0 Å². The molecule has 0 aliphatic rings. The summed E-state index contributed by atoms with van der Waals surface area (Å²) in [5.74, 6) is 0. The van der Waals surface area contributed by atoms with Gasteiger partial charge in [0.05, 0.1) is 15.8 Å². The van der Waals surface area contributed by atoms with Gasteiger partial charge < -0.3 is 4.74 Å². The first-order valence-electron chi connectivity index (χ1n) is 6.17. The van der Waals surface area contributed by atoms with Crippen LogP contribution in [-0.2, 0) is 12.8 Å². The van der Waals surface area contributed by atoms with Crippen LogP contribution in [0, 0.1) is 0 Å². The normalized spacial score (nSPS) is 11.8. The molecule has 1 heterocycles. The van der Waals surface area contributed by atoms with Crippen molar-refractivity contribution in [2.24, 2.45) is 0 Å². The van der Waals surface area contributed by atoms with E-state index in [1.165, 1.54) is 23.5 Å². The highest BCUT2D eigenvalue weighted by atomic mass is 32.1. The lowest BCUT2D eigenvalue weighted by molar-refractivity contribution is -0.137. The minimum absolute atomic E-state index is 0.192. The number of hydrogen-bond acceptors (Lipinski definition) is 3. The van der Waals surface area contributed by atoms with Gasteiger partial charge in [0.15, 0.2) is 0 Å². The Kier molecular flexibility index (Phi) is 3.55. The number of aromatic nitrogens is 1.